The largest absolute Gasteiger partial charge is 0.497 e. The van der Waals surface area contributed by atoms with E-state index in [1.807, 2.05) is 18.2 Å². The first-order chi connectivity index (χ1) is 10.8. The number of aliphatic imine (C=N–C) groups is 1. The van der Waals surface area contributed by atoms with Crippen LogP contribution in [-0.2, 0) is 6.42 Å². The molecular weight excluding hydrogens is 405 g/mol. The van der Waals surface area contributed by atoms with Gasteiger partial charge in [0.15, 0.2) is 5.96 Å². The van der Waals surface area contributed by atoms with Gasteiger partial charge in [-0.05, 0) is 49.9 Å². The SMILES string of the molecule is CCNC(=NCCc1cc(OC)ccc1OC)N1CCCC1.I. The standard InChI is InChI=1S/C17H27N3O2.HI/c1-4-18-17(20-11-5-6-12-20)19-10-9-14-13-15(21-2)7-8-16(14)22-3;/h7-8,13H,4-6,9-12H2,1-3H3,(H,18,19);1H. The Hall–Kier alpha value is -1.18. The van der Waals surface area contributed by atoms with Gasteiger partial charge < -0.3 is 19.7 Å². The number of nitrogens with one attached hydrogen (secondary N) is 1. The van der Waals surface area contributed by atoms with Crippen LogP contribution >= 0.6 is 24.0 Å². The zero-order valence-electron chi connectivity index (χ0n) is 14.3. The van der Waals surface area contributed by atoms with Crippen LogP contribution < -0.4 is 14.8 Å². The summed E-state index contributed by atoms with van der Waals surface area (Å²) in [5.41, 5.74) is 1.13. The molecule has 0 aliphatic carbocycles. The number of rotatable bonds is 6. The smallest absolute Gasteiger partial charge is 0.193 e. The summed E-state index contributed by atoms with van der Waals surface area (Å²) in [7, 11) is 3.38. The summed E-state index contributed by atoms with van der Waals surface area (Å²) in [5.74, 6) is 2.77. The predicted molar refractivity (Wildman–Crippen MR) is 105 cm³/mol. The molecule has 1 saturated heterocycles. The second-order valence-electron chi connectivity index (χ2n) is 5.36. The second kappa shape index (κ2) is 10.6. The fourth-order valence-electron chi connectivity index (χ4n) is 2.71. The topological polar surface area (TPSA) is 46.1 Å². The zero-order chi connectivity index (χ0) is 15.8. The minimum absolute atomic E-state index is 0. The molecule has 1 fully saturated rings. The third kappa shape index (κ3) is 5.75. The Labute approximate surface area is 156 Å². The molecule has 1 aliphatic heterocycles. The van der Waals surface area contributed by atoms with Crippen molar-refractivity contribution in [2.24, 2.45) is 4.99 Å². The van der Waals surface area contributed by atoms with E-state index >= 15 is 0 Å². The highest BCUT2D eigenvalue weighted by Gasteiger charge is 2.15. The van der Waals surface area contributed by atoms with Crippen LogP contribution in [0.3, 0.4) is 0 Å². The molecule has 5 nitrogen and oxygen atoms in total. The number of likely N-dealkylation sites (tertiary alicyclic amines) is 1. The fraction of sp³-hybridized carbons (Fsp3) is 0.588. The summed E-state index contributed by atoms with van der Waals surface area (Å²) >= 11 is 0. The summed E-state index contributed by atoms with van der Waals surface area (Å²) in [6.45, 7) is 5.96. The molecule has 0 saturated carbocycles. The molecule has 1 aliphatic rings. The third-order valence-electron chi connectivity index (χ3n) is 3.87. The van der Waals surface area contributed by atoms with E-state index < -0.39 is 0 Å². The number of hydrogen-bond donors (Lipinski definition) is 1. The van der Waals surface area contributed by atoms with Crippen molar-refractivity contribution in [3.05, 3.63) is 23.8 Å². The van der Waals surface area contributed by atoms with Gasteiger partial charge in [0.25, 0.3) is 0 Å². The van der Waals surface area contributed by atoms with E-state index in [0.717, 1.165) is 55.6 Å². The van der Waals surface area contributed by atoms with Crippen LogP contribution in [0.2, 0.25) is 0 Å². The van der Waals surface area contributed by atoms with Crippen molar-refractivity contribution >= 4 is 29.9 Å². The summed E-state index contributed by atoms with van der Waals surface area (Å²) in [6.07, 6.45) is 3.35. The van der Waals surface area contributed by atoms with E-state index in [4.69, 9.17) is 14.5 Å². The number of methoxy groups -OCH3 is 2. The van der Waals surface area contributed by atoms with Crippen LogP contribution in [-0.4, -0.2) is 51.3 Å². The number of nitrogens with zero attached hydrogens (tertiary/aromatic N) is 2. The summed E-state index contributed by atoms with van der Waals surface area (Å²) in [6, 6.07) is 5.89. The quantitative estimate of drug-likeness (QED) is 0.426. The van der Waals surface area contributed by atoms with Crippen LogP contribution in [0.15, 0.2) is 23.2 Å². The Balaban J connectivity index is 0.00000264. The van der Waals surface area contributed by atoms with Gasteiger partial charge in [0.2, 0.25) is 0 Å². The molecule has 1 aromatic rings. The zero-order valence-corrected chi connectivity index (χ0v) is 16.6. The summed E-state index contributed by atoms with van der Waals surface area (Å²) in [5, 5.41) is 3.38. The average molecular weight is 433 g/mol. The highest BCUT2D eigenvalue weighted by molar-refractivity contribution is 14.0. The molecule has 1 heterocycles. The third-order valence-corrected chi connectivity index (χ3v) is 3.87. The van der Waals surface area contributed by atoms with Gasteiger partial charge in [0, 0.05) is 26.2 Å². The first-order valence-electron chi connectivity index (χ1n) is 8.02. The lowest BCUT2D eigenvalue weighted by atomic mass is 10.1. The molecule has 0 radical (unpaired) electrons. The van der Waals surface area contributed by atoms with Crippen LogP contribution in [0.25, 0.3) is 0 Å². The van der Waals surface area contributed by atoms with Gasteiger partial charge in [-0.25, -0.2) is 0 Å². The molecule has 0 amide bonds. The maximum absolute atomic E-state index is 5.42. The summed E-state index contributed by atoms with van der Waals surface area (Å²) in [4.78, 5) is 7.10. The highest BCUT2D eigenvalue weighted by atomic mass is 127. The lowest BCUT2D eigenvalue weighted by Crippen LogP contribution is -2.39. The first kappa shape index (κ1) is 19.9. The van der Waals surface area contributed by atoms with Crippen molar-refractivity contribution in [3.8, 4) is 11.5 Å². The Morgan fingerprint density at radius 3 is 2.57 bits per heavy atom. The van der Waals surface area contributed by atoms with Gasteiger partial charge in [-0.3, -0.25) is 4.99 Å². The van der Waals surface area contributed by atoms with Gasteiger partial charge in [0.05, 0.1) is 14.2 Å². The maximum Gasteiger partial charge on any atom is 0.193 e. The Kier molecular flexibility index (Phi) is 9.13. The van der Waals surface area contributed by atoms with Crippen LogP contribution in [0, 0.1) is 0 Å². The normalized spacial score (nSPS) is 14.4. The number of halogens is 1. The lowest BCUT2D eigenvalue weighted by Gasteiger charge is -2.20. The molecule has 1 N–H and O–H groups in total. The van der Waals surface area contributed by atoms with E-state index in [9.17, 15) is 0 Å². The molecular formula is C17H28IN3O2. The van der Waals surface area contributed by atoms with Crippen molar-refractivity contribution in [1.82, 2.24) is 10.2 Å². The molecule has 6 heteroatoms. The minimum atomic E-state index is 0. The lowest BCUT2D eigenvalue weighted by molar-refractivity contribution is 0.399. The molecule has 0 aromatic heterocycles. The number of hydrogen-bond acceptors (Lipinski definition) is 3. The van der Waals surface area contributed by atoms with Gasteiger partial charge in [-0.1, -0.05) is 0 Å². The van der Waals surface area contributed by atoms with E-state index in [1.54, 1.807) is 14.2 Å². The molecule has 1 aromatic carbocycles. The Morgan fingerprint density at radius 2 is 1.96 bits per heavy atom. The Morgan fingerprint density at radius 1 is 1.22 bits per heavy atom. The van der Waals surface area contributed by atoms with E-state index in [-0.39, 0.29) is 24.0 Å². The van der Waals surface area contributed by atoms with Crippen LogP contribution in [0.4, 0.5) is 0 Å². The summed E-state index contributed by atoms with van der Waals surface area (Å²) < 4.78 is 10.7. The molecule has 0 spiro atoms. The number of ether oxygens (including phenoxy) is 2. The van der Waals surface area contributed by atoms with E-state index in [2.05, 4.69) is 17.1 Å². The number of benzene rings is 1. The highest BCUT2D eigenvalue weighted by Crippen LogP contribution is 2.24. The van der Waals surface area contributed by atoms with Gasteiger partial charge >= 0.3 is 0 Å². The second-order valence-corrected chi connectivity index (χ2v) is 5.36. The molecule has 0 unspecified atom stereocenters. The predicted octanol–water partition coefficient (Wildman–Crippen LogP) is 2.93. The van der Waals surface area contributed by atoms with Crippen molar-refractivity contribution < 1.29 is 9.47 Å². The van der Waals surface area contributed by atoms with Crippen molar-refractivity contribution in [2.45, 2.75) is 26.2 Å². The van der Waals surface area contributed by atoms with Gasteiger partial charge in [-0.15, -0.1) is 24.0 Å². The van der Waals surface area contributed by atoms with E-state index in [0.29, 0.717) is 0 Å². The van der Waals surface area contributed by atoms with Gasteiger partial charge in [0.1, 0.15) is 11.5 Å². The van der Waals surface area contributed by atoms with Crippen LogP contribution in [0.1, 0.15) is 25.3 Å². The maximum atomic E-state index is 5.42. The Bertz CT molecular complexity index is 503. The van der Waals surface area contributed by atoms with Crippen molar-refractivity contribution in [2.75, 3.05) is 40.4 Å². The monoisotopic (exact) mass is 433 g/mol. The molecule has 0 atom stereocenters. The van der Waals surface area contributed by atoms with Crippen molar-refractivity contribution in [3.63, 3.8) is 0 Å². The molecule has 0 bridgehead atoms. The number of guanidine groups is 1. The molecule has 2 rings (SSSR count). The first-order valence-corrected chi connectivity index (χ1v) is 8.02. The van der Waals surface area contributed by atoms with Crippen LogP contribution in [0.5, 0.6) is 11.5 Å². The van der Waals surface area contributed by atoms with E-state index in [1.165, 1.54) is 12.8 Å². The van der Waals surface area contributed by atoms with Crippen molar-refractivity contribution in [1.29, 1.82) is 0 Å². The van der Waals surface area contributed by atoms with Gasteiger partial charge in [-0.2, -0.15) is 0 Å². The molecule has 23 heavy (non-hydrogen) atoms. The fourth-order valence-corrected chi connectivity index (χ4v) is 2.71. The molecule has 130 valence electrons. The average Bonchev–Trinajstić information content (AvgIpc) is 3.08. The minimum Gasteiger partial charge on any atom is -0.497 e.